The molecule has 0 radical (unpaired) electrons. The maximum Gasteiger partial charge on any atom is 0.0991 e. The zero-order valence-electron chi connectivity index (χ0n) is 10.4. The summed E-state index contributed by atoms with van der Waals surface area (Å²) in [7, 11) is 1.92. The molecule has 2 rings (SSSR count). The lowest BCUT2D eigenvalue weighted by atomic mass is 10.1. The van der Waals surface area contributed by atoms with Gasteiger partial charge in [-0.3, -0.25) is 4.68 Å². The third-order valence-corrected chi connectivity index (χ3v) is 2.76. The monoisotopic (exact) mass is 240 g/mol. The summed E-state index contributed by atoms with van der Waals surface area (Å²) in [5.41, 5.74) is 3.14. The molecule has 2 aromatic rings. The van der Waals surface area contributed by atoms with Gasteiger partial charge >= 0.3 is 0 Å². The largest absolute Gasteiger partial charge is 0.312 e. The molecule has 0 fully saturated rings. The van der Waals surface area contributed by atoms with Crippen molar-refractivity contribution >= 4 is 0 Å². The van der Waals surface area contributed by atoms with E-state index in [9.17, 15) is 0 Å². The second kappa shape index (κ2) is 5.99. The standard InChI is InChI=1S/C14H16N4/c1-18-11-14(10-17-18)6-7-16-9-13-4-2-12(8-15)3-5-13/h2-5,10-11,16H,6-7,9H2,1H3. The zero-order chi connectivity index (χ0) is 12.8. The molecule has 1 aromatic carbocycles. The minimum atomic E-state index is 0.703. The highest BCUT2D eigenvalue weighted by Gasteiger charge is 1.97. The lowest BCUT2D eigenvalue weighted by Crippen LogP contribution is -2.16. The number of hydrogen-bond donors (Lipinski definition) is 1. The summed E-state index contributed by atoms with van der Waals surface area (Å²) in [5.74, 6) is 0. The van der Waals surface area contributed by atoms with E-state index in [4.69, 9.17) is 5.26 Å². The van der Waals surface area contributed by atoms with Crippen LogP contribution in [0.15, 0.2) is 36.7 Å². The molecular weight excluding hydrogens is 224 g/mol. The van der Waals surface area contributed by atoms with Gasteiger partial charge in [-0.15, -0.1) is 0 Å². The Morgan fingerprint density at radius 1 is 1.28 bits per heavy atom. The van der Waals surface area contributed by atoms with E-state index < -0.39 is 0 Å². The quantitative estimate of drug-likeness (QED) is 0.808. The van der Waals surface area contributed by atoms with Gasteiger partial charge in [0.2, 0.25) is 0 Å². The fourth-order valence-corrected chi connectivity index (χ4v) is 1.76. The van der Waals surface area contributed by atoms with Crippen molar-refractivity contribution in [2.24, 2.45) is 7.05 Å². The summed E-state index contributed by atoms with van der Waals surface area (Å²) >= 11 is 0. The first-order valence-corrected chi connectivity index (χ1v) is 5.95. The summed E-state index contributed by atoms with van der Waals surface area (Å²) in [6, 6.07) is 9.77. The van der Waals surface area contributed by atoms with Crippen LogP contribution in [-0.2, 0) is 20.0 Å². The van der Waals surface area contributed by atoms with Gasteiger partial charge in [-0.2, -0.15) is 10.4 Å². The highest BCUT2D eigenvalue weighted by atomic mass is 15.2. The number of aromatic nitrogens is 2. The predicted octanol–water partition coefficient (Wildman–Crippen LogP) is 1.62. The Bertz CT molecular complexity index is 534. The van der Waals surface area contributed by atoms with Crippen molar-refractivity contribution in [3.05, 3.63) is 53.3 Å². The normalized spacial score (nSPS) is 10.2. The van der Waals surface area contributed by atoms with Gasteiger partial charge < -0.3 is 5.32 Å². The van der Waals surface area contributed by atoms with Crippen LogP contribution in [-0.4, -0.2) is 16.3 Å². The lowest BCUT2D eigenvalue weighted by Gasteiger charge is -2.03. The number of rotatable bonds is 5. The fourth-order valence-electron chi connectivity index (χ4n) is 1.76. The lowest BCUT2D eigenvalue weighted by molar-refractivity contribution is 0.686. The van der Waals surface area contributed by atoms with Gasteiger partial charge in [-0.05, 0) is 36.2 Å². The second-order valence-corrected chi connectivity index (χ2v) is 4.26. The van der Waals surface area contributed by atoms with E-state index in [1.165, 1.54) is 11.1 Å². The van der Waals surface area contributed by atoms with E-state index in [0.717, 1.165) is 19.5 Å². The van der Waals surface area contributed by atoms with E-state index >= 15 is 0 Å². The topological polar surface area (TPSA) is 53.6 Å². The molecule has 0 spiro atoms. The van der Waals surface area contributed by atoms with Crippen molar-refractivity contribution < 1.29 is 0 Å². The molecule has 0 saturated carbocycles. The first kappa shape index (κ1) is 12.3. The molecule has 1 heterocycles. The molecule has 0 amide bonds. The zero-order valence-corrected chi connectivity index (χ0v) is 10.4. The molecule has 1 aromatic heterocycles. The number of hydrogen-bond acceptors (Lipinski definition) is 3. The molecule has 0 bridgehead atoms. The van der Waals surface area contributed by atoms with Crippen LogP contribution >= 0.6 is 0 Å². The van der Waals surface area contributed by atoms with E-state index in [2.05, 4.69) is 16.5 Å². The number of aryl methyl sites for hydroxylation is 1. The van der Waals surface area contributed by atoms with E-state index in [0.29, 0.717) is 5.56 Å². The summed E-state index contributed by atoms with van der Waals surface area (Å²) in [5, 5.41) is 16.2. The van der Waals surface area contributed by atoms with E-state index in [-0.39, 0.29) is 0 Å². The van der Waals surface area contributed by atoms with Crippen LogP contribution in [0, 0.1) is 11.3 Å². The Kier molecular flexibility index (Phi) is 4.11. The van der Waals surface area contributed by atoms with Crippen LogP contribution in [0.4, 0.5) is 0 Å². The number of nitrogens with one attached hydrogen (secondary N) is 1. The van der Waals surface area contributed by atoms with Gasteiger partial charge in [-0.25, -0.2) is 0 Å². The highest BCUT2D eigenvalue weighted by Crippen LogP contribution is 2.03. The van der Waals surface area contributed by atoms with E-state index in [1.807, 2.05) is 48.4 Å². The maximum atomic E-state index is 8.70. The first-order valence-electron chi connectivity index (χ1n) is 5.95. The molecule has 0 aliphatic rings. The molecular formula is C14H16N4. The van der Waals surface area contributed by atoms with Crippen molar-refractivity contribution in [2.75, 3.05) is 6.54 Å². The summed E-state index contributed by atoms with van der Waals surface area (Å²) < 4.78 is 1.82. The average Bonchev–Trinajstić information content (AvgIpc) is 2.81. The van der Waals surface area contributed by atoms with Crippen molar-refractivity contribution in [3.8, 4) is 6.07 Å². The molecule has 92 valence electrons. The molecule has 0 atom stereocenters. The molecule has 18 heavy (non-hydrogen) atoms. The Labute approximate surface area is 107 Å². The Morgan fingerprint density at radius 3 is 2.67 bits per heavy atom. The average molecular weight is 240 g/mol. The second-order valence-electron chi connectivity index (χ2n) is 4.26. The van der Waals surface area contributed by atoms with Gasteiger partial charge in [0.1, 0.15) is 0 Å². The maximum absolute atomic E-state index is 8.70. The predicted molar refractivity (Wildman–Crippen MR) is 69.8 cm³/mol. The highest BCUT2D eigenvalue weighted by molar-refractivity contribution is 5.31. The minimum Gasteiger partial charge on any atom is -0.312 e. The van der Waals surface area contributed by atoms with Crippen molar-refractivity contribution in [2.45, 2.75) is 13.0 Å². The van der Waals surface area contributed by atoms with Gasteiger partial charge in [0.05, 0.1) is 17.8 Å². The third kappa shape index (κ3) is 3.44. The van der Waals surface area contributed by atoms with E-state index in [1.54, 1.807) is 0 Å². The first-order chi connectivity index (χ1) is 8.78. The van der Waals surface area contributed by atoms with Gasteiger partial charge in [-0.1, -0.05) is 12.1 Å². The van der Waals surface area contributed by atoms with Crippen LogP contribution in [0.5, 0.6) is 0 Å². The Balaban J connectivity index is 1.73. The summed E-state index contributed by atoms with van der Waals surface area (Å²) in [6.07, 6.45) is 4.90. The number of nitriles is 1. The SMILES string of the molecule is Cn1cc(CCNCc2ccc(C#N)cc2)cn1. The molecule has 0 aliphatic heterocycles. The molecule has 0 aliphatic carbocycles. The molecule has 4 heteroatoms. The van der Waals surface area contributed by atoms with Crippen LogP contribution in [0.3, 0.4) is 0 Å². The smallest absolute Gasteiger partial charge is 0.0991 e. The number of nitrogens with zero attached hydrogens (tertiary/aromatic N) is 3. The minimum absolute atomic E-state index is 0.703. The summed E-state index contributed by atoms with van der Waals surface area (Å²) in [6.45, 7) is 1.75. The van der Waals surface area contributed by atoms with Gasteiger partial charge in [0.25, 0.3) is 0 Å². The molecule has 1 N–H and O–H groups in total. The molecule has 0 unspecified atom stereocenters. The van der Waals surface area contributed by atoms with Crippen LogP contribution < -0.4 is 5.32 Å². The molecule has 0 saturated heterocycles. The third-order valence-electron chi connectivity index (χ3n) is 2.76. The van der Waals surface area contributed by atoms with Crippen LogP contribution in [0.25, 0.3) is 0 Å². The Hall–Kier alpha value is -2.12. The van der Waals surface area contributed by atoms with Crippen molar-refractivity contribution in [3.63, 3.8) is 0 Å². The van der Waals surface area contributed by atoms with Crippen molar-refractivity contribution in [1.82, 2.24) is 15.1 Å². The number of benzene rings is 1. The van der Waals surface area contributed by atoms with Gasteiger partial charge in [0, 0.05) is 19.8 Å². The van der Waals surface area contributed by atoms with Crippen LogP contribution in [0.2, 0.25) is 0 Å². The van der Waals surface area contributed by atoms with Gasteiger partial charge in [0.15, 0.2) is 0 Å². The Morgan fingerprint density at radius 2 is 2.06 bits per heavy atom. The van der Waals surface area contributed by atoms with Crippen LogP contribution in [0.1, 0.15) is 16.7 Å². The summed E-state index contributed by atoms with van der Waals surface area (Å²) in [4.78, 5) is 0. The van der Waals surface area contributed by atoms with Crippen molar-refractivity contribution in [1.29, 1.82) is 5.26 Å². The molecule has 4 nitrogen and oxygen atoms in total. The fraction of sp³-hybridized carbons (Fsp3) is 0.286.